The lowest BCUT2D eigenvalue weighted by atomic mass is 9.72. The number of nitrogens with one attached hydrogen (secondary N) is 1. The second kappa shape index (κ2) is 11.2. The standard InChI is InChI=1S/C29H31N3O5/c1-20(33)32-16-13-29(14-17-32,23-6-5-15-30-19-23)28(36)31-25(27(34)35)18-21-9-11-22(12-10-21)24-7-3-4-8-26(24)37-2/h3-12,15,19,25H,13-14,16-18H2,1-2H3,(H,31,36)(H,34,35)/t25-/m0/s1. The van der Waals surface area contributed by atoms with Crippen molar-refractivity contribution in [2.45, 2.75) is 37.6 Å². The van der Waals surface area contributed by atoms with E-state index in [1.54, 1.807) is 30.5 Å². The summed E-state index contributed by atoms with van der Waals surface area (Å²) in [6.45, 7) is 2.34. The number of carbonyl (C=O) groups is 3. The van der Waals surface area contributed by atoms with Gasteiger partial charge in [-0.15, -0.1) is 0 Å². The Labute approximate surface area is 216 Å². The van der Waals surface area contributed by atoms with Crippen LogP contribution in [0.5, 0.6) is 5.75 Å². The number of methoxy groups -OCH3 is 1. The highest BCUT2D eigenvalue weighted by Gasteiger charge is 2.44. The molecule has 0 bridgehead atoms. The molecule has 2 aromatic carbocycles. The average Bonchev–Trinajstić information content (AvgIpc) is 2.93. The lowest BCUT2D eigenvalue weighted by molar-refractivity contribution is -0.143. The summed E-state index contributed by atoms with van der Waals surface area (Å²) in [7, 11) is 1.62. The van der Waals surface area contributed by atoms with Crippen LogP contribution in [0.1, 0.15) is 30.9 Å². The van der Waals surface area contributed by atoms with E-state index >= 15 is 0 Å². The van der Waals surface area contributed by atoms with Crippen molar-refractivity contribution >= 4 is 17.8 Å². The summed E-state index contributed by atoms with van der Waals surface area (Å²) >= 11 is 0. The van der Waals surface area contributed by atoms with E-state index in [2.05, 4.69) is 10.3 Å². The highest BCUT2D eigenvalue weighted by molar-refractivity contribution is 5.92. The molecule has 3 aromatic rings. The maximum atomic E-state index is 13.7. The molecule has 1 aliphatic heterocycles. The number of carboxylic acid groups (broad SMARTS) is 1. The number of aliphatic carboxylic acids is 1. The number of ether oxygens (including phenoxy) is 1. The Kier molecular flexibility index (Phi) is 7.86. The number of hydrogen-bond acceptors (Lipinski definition) is 5. The molecule has 1 saturated heterocycles. The third-order valence-corrected chi connectivity index (χ3v) is 7.13. The van der Waals surface area contributed by atoms with Crippen molar-refractivity contribution in [2.75, 3.05) is 20.2 Å². The Hall–Kier alpha value is -4.20. The highest BCUT2D eigenvalue weighted by atomic mass is 16.5. The monoisotopic (exact) mass is 501 g/mol. The summed E-state index contributed by atoms with van der Waals surface area (Å²) in [5.74, 6) is -0.756. The molecule has 1 atom stereocenters. The van der Waals surface area contributed by atoms with E-state index in [-0.39, 0.29) is 18.2 Å². The van der Waals surface area contributed by atoms with Gasteiger partial charge in [-0.05, 0) is 41.7 Å². The van der Waals surface area contributed by atoms with Crippen LogP contribution < -0.4 is 10.1 Å². The fourth-order valence-corrected chi connectivity index (χ4v) is 4.93. The van der Waals surface area contributed by atoms with Crippen LogP contribution in [-0.2, 0) is 26.2 Å². The molecule has 2 N–H and O–H groups in total. The van der Waals surface area contributed by atoms with Gasteiger partial charge in [0.1, 0.15) is 11.8 Å². The highest BCUT2D eigenvalue weighted by Crippen LogP contribution is 2.36. The summed E-state index contributed by atoms with van der Waals surface area (Å²) < 4.78 is 5.44. The van der Waals surface area contributed by atoms with E-state index in [0.29, 0.717) is 25.9 Å². The molecule has 4 rings (SSSR count). The predicted octanol–water partition coefficient (Wildman–Crippen LogP) is 3.45. The molecule has 1 fully saturated rings. The molecular formula is C29H31N3O5. The van der Waals surface area contributed by atoms with Crippen molar-refractivity contribution in [3.05, 3.63) is 84.2 Å². The Morgan fingerprint density at radius 2 is 1.76 bits per heavy atom. The van der Waals surface area contributed by atoms with E-state index in [9.17, 15) is 19.5 Å². The minimum absolute atomic E-state index is 0.0415. The number of nitrogens with zero attached hydrogens (tertiary/aromatic N) is 2. The summed E-state index contributed by atoms with van der Waals surface area (Å²) in [4.78, 5) is 43.6. The number of piperidine rings is 1. The quantitative estimate of drug-likeness (QED) is 0.489. The first kappa shape index (κ1) is 25.9. The summed E-state index contributed by atoms with van der Waals surface area (Å²) in [6, 6.07) is 17.7. The van der Waals surface area contributed by atoms with Crippen LogP contribution in [-0.4, -0.2) is 59.0 Å². The largest absolute Gasteiger partial charge is 0.496 e. The molecule has 2 heterocycles. The second-order valence-corrected chi connectivity index (χ2v) is 9.30. The topological polar surface area (TPSA) is 109 Å². The molecule has 192 valence electrons. The van der Waals surface area contributed by atoms with Crippen molar-refractivity contribution in [1.29, 1.82) is 0 Å². The maximum absolute atomic E-state index is 13.7. The van der Waals surface area contributed by atoms with Gasteiger partial charge in [0, 0.05) is 44.4 Å². The van der Waals surface area contributed by atoms with Gasteiger partial charge in [-0.1, -0.05) is 48.5 Å². The molecule has 1 aliphatic rings. The van der Waals surface area contributed by atoms with Crippen LogP contribution in [0.2, 0.25) is 0 Å². The molecular weight excluding hydrogens is 470 g/mol. The lowest BCUT2D eigenvalue weighted by Gasteiger charge is -2.41. The minimum atomic E-state index is -1.11. The van der Waals surface area contributed by atoms with Crippen molar-refractivity contribution in [2.24, 2.45) is 0 Å². The van der Waals surface area contributed by atoms with Crippen LogP contribution >= 0.6 is 0 Å². The smallest absolute Gasteiger partial charge is 0.326 e. The zero-order chi connectivity index (χ0) is 26.4. The first-order chi connectivity index (χ1) is 17.8. The Morgan fingerprint density at radius 1 is 1.05 bits per heavy atom. The maximum Gasteiger partial charge on any atom is 0.326 e. The molecule has 0 radical (unpaired) electrons. The van der Waals surface area contributed by atoms with Gasteiger partial charge < -0.3 is 20.1 Å². The van der Waals surface area contributed by atoms with Gasteiger partial charge in [-0.25, -0.2) is 4.79 Å². The van der Waals surface area contributed by atoms with Gasteiger partial charge in [0.15, 0.2) is 0 Å². The van der Waals surface area contributed by atoms with Crippen LogP contribution in [0.25, 0.3) is 11.1 Å². The van der Waals surface area contributed by atoms with Gasteiger partial charge in [-0.3, -0.25) is 14.6 Å². The number of benzene rings is 2. The van der Waals surface area contributed by atoms with Crippen molar-refractivity contribution in [3.63, 3.8) is 0 Å². The van der Waals surface area contributed by atoms with E-state index in [1.165, 1.54) is 6.92 Å². The summed E-state index contributed by atoms with van der Waals surface area (Å²) in [6.07, 6.45) is 4.20. The van der Waals surface area contributed by atoms with Gasteiger partial charge in [0.05, 0.1) is 12.5 Å². The molecule has 0 spiro atoms. The Bertz CT molecular complexity index is 1250. The minimum Gasteiger partial charge on any atom is -0.496 e. The number of rotatable bonds is 8. The molecule has 0 saturated carbocycles. The number of amides is 2. The van der Waals surface area contributed by atoms with E-state index in [4.69, 9.17) is 4.74 Å². The number of pyridine rings is 1. The molecule has 37 heavy (non-hydrogen) atoms. The third kappa shape index (κ3) is 5.63. The molecule has 0 aliphatic carbocycles. The van der Waals surface area contributed by atoms with Crippen LogP contribution in [0.15, 0.2) is 73.1 Å². The number of carbonyl (C=O) groups excluding carboxylic acids is 2. The Balaban J connectivity index is 1.53. The predicted molar refractivity (Wildman–Crippen MR) is 139 cm³/mol. The van der Waals surface area contributed by atoms with Gasteiger partial charge in [0.25, 0.3) is 0 Å². The summed E-state index contributed by atoms with van der Waals surface area (Å²) in [5, 5.41) is 12.7. The van der Waals surface area contributed by atoms with Crippen molar-refractivity contribution in [3.8, 4) is 16.9 Å². The fraction of sp³-hybridized carbons (Fsp3) is 0.310. The number of aromatic nitrogens is 1. The van der Waals surface area contributed by atoms with Crippen molar-refractivity contribution < 1.29 is 24.2 Å². The number of likely N-dealkylation sites (tertiary alicyclic amines) is 1. The fourth-order valence-electron chi connectivity index (χ4n) is 4.93. The normalized spacial score (nSPS) is 15.5. The molecule has 8 heteroatoms. The van der Waals surface area contributed by atoms with E-state index in [0.717, 1.165) is 28.0 Å². The average molecular weight is 502 g/mol. The van der Waals surface area contributed by atoms with E-state index in [1.807, 2.05) is 54.6 Å². The number of carboxylic acids is 1. The van der Waals surface area contributed by atoms with Gasteiger partial charge in [0.2, 0.25) is 11.8 Å². The SMILES string of the molecule is COc1ccccc1-c1ccc(C[C@H](NC(=O)C2(c3cccnc3)CCN(C(C)=O)CC2)C(=O)O)cc1. The lowest BCUT2D eigenvalue weighted by Crippen LogP contribution is -2.56. The number of para-hydroxylation sites is 1. The van der Waals surface area contributed by atoms with Crippen LogP contribution in [0, 0.1) is 0 Å². The first-order valence-electron chi connectivity index (χ1n) is 12.3. The van der Waals surface area contributed by atoms with E-state index < -0.39 is 17.4 Å². The third-order valence-electron chi connectivity index (χ3n) is 7.13. The molecule has 8 nitrogen and oxygen atoms in total. The van der Waals surface area contributed by atoms with Gasteiger partial charge in [-0.2, -0.15) is 0 Å². The van der Waals surface area contributed by atoms with Crippen LogP contribution in [0.3, 0.4) is 0 Å². The molecule has 2 amide bonds. The molecule has 1 aromatic heterocycles. The second-order valence-electron chi connectivity index (χ2n) is 9.30. The number of hydrogen-bond donors (Lipinski definition) is 2. The van der Waals surface area contributed by atoms with Crippen LogP contribution in [0.4, 0.5) is 0 Å². The van der Waals surface area contributed by atoms with Crippen molar-refractivity contribution in [1.82, 2.24) is 15.2 Å². The summed E-state index contributed by atoms with van der Waals surface area (Å²) in [5.41, 5.74) is 2.44. The zero-order valence-electron chi connectivity index (χ0n) is 21.0. The molecule has 0 unspecified atom stereocenters. The zero-order valence-corrected chi connectivity index (χ0v) is 21.0. The first-order valence-corrected chi connectivity index (χ1v) is 12.3. The van der Waals surface area contributed by atoms with Gasteiger partial charge >= 0.3 is 5.97 Å². The Morgan fingerprint density at radius 3 is 2.35 bits per heavy atom.